The Bertz CT molecular complexity index is 147. The van der Waals surface area contributed by atoms with E-state index >= 15 is 0 Å². The largest absolute Gasteiger partial charge is 0.548 e. The van der Waals surface area contributed by atoms with E-state index in [-0.39, 0.29) is 6.04 Å². The van der Waals surface area contributed by atoms with Crippen LogP contribution in [-0.4, -0.2) is 30.0 Å². The topological polar surface area (TPSA) is 43.4 Å². The van der Waals surface area contributed by atoms with Gasteiger partial charge < -0.3 is 9.90 Å². The third-order valence-corrected chi connectivity index (χ3v) is 2.29. The summed E-state index contributed by atoms with van der Waals surface area (Å²) in [6, 6.07) is -0.325. The average Bonchev–Trinajstić information content (AvgIpc) is 2.04. The molecule has 3 heteroatoms. The number of aliphatic carboxylic acids is 1. The number of hydrogen-bond acceptors (Lipinski definition) is 3. The van der Waals surface area contributed by atoms with Crippen molar-refractivity contribution in [3.05, 3.63) is 0 Å². The van der Waals surface area contributed by atoms with E-state index in [1.54, 1.807) is 0 Å². The van der Waals surface area contributed by atoms with E-state index in [1.807, 2.05) is 11.8 Å². The van der Waals surface area contributed by atoms with E-state index in [2.05, 4.69) is 0 Å². The molecular weight excluding hydrogens is 142 g/mol. The first-order valence-corrected chi connectivity index (χ1v) is 4.20. The molecule has 1 saturated heterocycles. The van der Waals surface area contributed by atoms with Gasteiger partial charge in [0, 0.05) is 6.04 Å². The minimum Gasteiger partial charge on any atom is -0.548 e. The highest BCUT2D eigenvalue weighted by atomic mass is 16.4. The summed E-state index contributed by atoms with van der Waals surface area (Å²) in [5.41, 5.74) is 0. The Morgan fingerprint density at radius 3 is 2.82 bits per heavy atom. The quantitative estimate of drug-likeness (QED) is 0.547. The predicted molar refractivity (Wildman–Crippen MR) is 39.9 cm³/mol. The second-order valence-electron chi connectivity index (χ2n) is 2.96. The highest BCUT2D eigenvalue weighted by Gasteiger charge is 2.21. The summed E-state index contributed by atoms with van der Waals surface area (Å²) >= 11 is 0. The minimum atomic E-state index is -0.911. The molecule has 0 radical (unpaired) electrons. The van der Waals surface area contributed by atoms with Gasteiger partial charge in [-0.25, -0.2) is 0 Å². The summed E-state index contributed by atoms with van der Waals surface area (Å²) < 4.78 is 0. The fourth-order valence-corrected chi connectivity index (χ4v) is 1.64. The molecule has 1 unspecified atom stereocenters. The molecule has 1 aliphatic rings. The van der Waals surface area contributed by atoms with Crippen LogP contribution >= 0.6 is 0 Å². The number of hydrogen-bond donors (Lipinski definition) is 0. The summed E-state index contributed by atoms with van der Waals surface area (Å²) in [4.78, 5) is 12.5. The zero-order chi connectivity index (χ0) is 8.27. The molecule has 0 aliphatic carbocycles. The van der Waals surface area contributed by atoms with E-state index < -0.39 is 5.97 Å². The minimum absolute atomic E-state index is 0.325. The van der Waals surface area contributed by atoms with E-state index in [0.29, 0.717) is 0 Å². The van der Waals surface area contributed by atoms with Crippen LogP contribution in [0.15, 0.2) is 0 Å². The maximum Gasteiger partial charge on any atom is 0.0586 e. The SMILES string of the molecule is CCN1CCCCC1C(=O)[O-]. The summed E-state index contributed by atoms with van der Waals surface area (Å²) in [6.45, 7) is 3.72. The van der Waals surface area contributed by atoms with E-state index in [1.165, 1.54) is 0 Å². The number of carboxylic acid groups (broad SMARTS) is 1. The van der Waals surface area contributed by atoms with Crippen molar-refractivity contribution in [1.29, 1.82) is 0 Å². The lowest BCUT2D eigenvalue weighted by atomic mass is 10.0. The maximum atomic E-state index is 10.6. The Kier molecular flexibility index (Phi) is 2.88. The standard InChI is InChI=1S/C8H15NO2/c1-2-9-6-4-3-5-7(9)8(10)11/h7H,2-6H2,1H3,(H,10,11)/p-1. The first-order valence-electron chi connectivity index (χ1n) is 4.20. The number of likely N-dealkylation sites (tertiary alicyclic amines) is 1. The molecule has 1 heterocycles. The zero-order valence-electron chi connectivity index (χ0n) is 6.88. The van der Waals surface area contributed by atoms with Gasteiger partial charge in [0.05, 0.1) is 5.97 Å². The van der Waals surface area contributed by atoms with Crippen molar-refractivity contribution in [1.82, 2.24) is 4.90 Å². The number of carbonyl (C=O) groups excluding carboxylic acids is 1. The fourth-order valence-electron chi connectivity index (χ4n) is 1.64. The van der Waals surface area contributed by atoms with Crippen molar-refractivity contribution in [2.75, 3.05) is 13.1 Å². The lowest BCUT2D eigenvalue weighted by molar-refractivity contribution is -0.312. The smallest absolute Gasteiger partial charge is 0.0586 e. The molecule has 1 atom stereocenters. The van der Waals surface area contributed by atoms with Crippen LogP contribution in [0, 0.1) is 0 Å². The van der Waals surface area contributed by atoms with Gasteiger partial charge in [-0.05, 0) is 25.9 Å². The van der Waals surface area contributed by atoms with Gasteiger partial charge in [0.15, 0.2) is 0 Å². The second kappa shape index (κ2) is 3.72. The van der Waals surface area contributed by atoms with E-state index in [9.17, 15) is 9.90 Å². The van der Waals surface area contributed by atoms with Crippen LogP contribution in [0.1, 0.15) is 26.2 Å². The van der Waals surface area contributed by atoms with E-state index in [4.69, 9.17) is 0 Å². The van der Waals surface area contributed by atoms with Crippen LogP contribution < -0.4 is 5.11 Å². The molecule has 11 heavy (non-hydrogen) atoms. The van der Waals surface area contributed by atoms with Gasteiger partial charge in [0.25, 0.3) is 0 Å². The molecule has 0 aromatic rings. The average molecular weight is 156 g/mol. The highest BCUT2D eigenvalue weighted by Crippen LogP contribution is 2.15. The number of carbonyl (C=O) groups is 1. The van der Waals surface area contributed by atoms with Crippen molar-refractivity contribution in [3.63, 3.8) is 0 Å². The summed E-state index contributed by atoms with van der Waals surface area (Å²) in [7, 11) is 0. The molecule has 0 amide bonds. The summed E-state index contributed by atoms with van der Waals surface area (Å²) in [5, 5.41) is 10.6. The Morgan fingerprint density at radius 2 is 2.36 bits per heavy atom. The Labute approximate surface area is 67.0 Å². The molecule has 3 nitrogen and oxygen atoms in total. The van der Waals surface area contributed by atoms with Gasteiger partial charge in [-0.2, -0.15) is 0 Å². The van der Waals surface area contributed by atoms with Crippen molar-refractivity contribution >= 4 is 5.97 Å². The first kappa shape index (κ1) is 8.53. The molecule has 1 aliphatic heterocycles. The predicted octanol–water partition coefficient (Wildman–Crippen LogP) is -0.389. The Morgan fingerprint density at radius 1 is 1.64 bits per heavy atom. The number of piperidine rings is 1. The van der Waals surface area contributed by atoms with Gasteiger partial charge in [-0.15, -0.1) is 0 Å². The molecular formula is C8H14NO2-. The lowest BCUT2D eigenvalue weighted by Gasteiger charge is -2.35. The molecule has 0 saturated carbocycles. The van der Waals surface area contributed by atoms with Crippen LogP contribution in [-0.2, 0) is 4.79 Å². The Hall–Kier alpha value is -0.570. The van der Waals surface area contributed by atoms with Gasteiger partial charge in [-0.3, -0.25) is 4.90 Å². The van der Waals surface area contributed by atoms with Gasteiger partial charge in [-0.1, -0.05) is 13.3 Å². The van der Waals surface area contributed by atoms with Crippen molar-refractivity contribution in [2.24, 2.45) is 0 Å². The number of rotatable bonds is 2. The third-order valence-electron chi connectivity index (χ3n) is 2.29. The molecule has 1 rings (SSSR count). The molecule has 1 fully saturated rings. The monoisotopic (exact) mass is 156 g/mol. The summed E-state index contributed by atoms with van der Waals surface area (Å²) in [6.07, 6.45) is 2.91. The van der Waals surface area contributed by atoms with Crippen LogP contribution in [0.4, 0.5) is 0 Å². The second-order valence-corrected chi connectivity index (χ2v) is 2.96. The van der Waals surface area contributed by atoms with Gasteiger partial charge in [0.2, 0.25) is 0 Å². The highest BCUT2D eigenvalue weighted by molar-refractivity contribution is 5.71. The molecule has 64 valence electrons. The number of nitrogens with zero attached hydrogens (tertiary/aromatic N) is 1. The molecule has 0 N–H and O–H groups in total. The van der Waals surface area contributed by atoms with Crippen molar-refractivity contribution in [3.8, 4) is 0 Å². The van der Waals surface area contributed by atoms with Gasteiger partial charge >= 0.3 is 0 Å². The fraction of sp³-hybridized carbons (Fsp3) is 0.875. The van der Waals surface area contributed by atoms with Crippen molar-refractivity contribution in [2.45, 2.75) is 32.2 Å². The summed E-state index contributed by atoms with van der Waals surface area (Å²) in [5.74, 6) is -0.911. The normalized spacial score (nSPS) is 26.8. The zero-order valence-corrected chi connectivity index (χ0v) is 6.88. The van der Waals surface area contributed by atoms with Crippen LogP contribution in [0.3, 0.4) is 0 Å². The first-order chi connectivity index (χ1) is 5.25. The molecule has 0 aromatic carbocycles. The molecule has 0 aromatic heterocycles. The van der Waals surface area contributed by atoms with Crippen molar-refractivity contribution < 1.29 is 9.90 Å². The number of carboxylic acids is 1. The van der Waals surface area contributed by atoms with Crippen LogP contribution in [0.25, 0.3) is 0 Å². The number of likely N-dealkylation sites (N-methyl/N-ethyl adjacent to an activating group) is 1. The molecule has 0 bridgehead atoms. The van der Waals surface area contributed by atoms with Crippen LogP contribution in [0.2, 0.25) is 0 Å². The molecule has 0 spiro atoms. The third kappa shape index (κ3) is 1.93. The van der Waals surface area contributed by atoms with Gasteiger partial charge in [0.1, 0.15) is 0 Å². The maximum absolute atomic E-state index is 10.6. The van der Waals surface area contributed by atoms with Crippen LogP contribution in [0.5, 0.6) is 0 Å². The Balaban J connectivity index is 2.51. The van der Waals surface area contributed by atoms with E-state index in [0.717, 1.165) is 32.4 Å². The lowest BCUT2D eigenvalue weighted by Crippen LogP contribution is -2.50.